The molecular weight excluding hydrogens is 476 g/mol. The van der Waals surface area contributed by atoms with Crippen LogP contribution in [-0.2, 0) is 29.0 Å². The normalized spacial score (nSPS) is 14.8. The number of nitrogens with zero attached hydrogens (tertiary/aromatic N) is 1. The SMILES string of the molecule is CC(=O)Nc1ccc(CN(CCc2c[nH]c3ccccc23)[C@H]2CCc3cc(/C=C/C(=O)NO)ccc32)cc1. The van der Waals surface area contributed by atoms with Gasteiger partial charge >= 0.3 is 0 Å². The first-order chi connectivity index (χ1) is 18.5. The Labute approximate surface area is 222 Å². The summed E-state index contributed by atoms with van der Waals surface area (Å²) in [5.74, 6) is -0.622. The van der Waals surface area contributed by atoms with E-state index in [1.807, 2.05) is 18.2 Å². The fourth-order valence-corrected chi connectivity index (χ4v) is 5.39. The number of hydrogen-bond acceptors (Lipinski definition) is 4. The minimum absolute atomic E-state index is 0.0770. The van der Waals surface area contributed by atoms with E-state index in [0.717, 1.165) is 49.1 Å². The van der Waals surface area contributed by atoms with Crippen molar-refractivity contribution in [2.24, 2.45) is 0 Å². The molecule has 0 spiro atoms. The number of hydroxylamine groups is 1. The van der Waals surface area contributed by atoms with Crippen molar-refractivity contribution >= 4 is 34.5 Å². The number of benzene rings is 3. The largest absolute Gasteiger partial charge is 0.361 e. The van der Waals surface area contributed by atoms with Gasteiger partial charge in [0.15, 0.2) is 0 Å². The van der Waals surface area contributed by atoms with E-state index in [1.165, 1.54) is 40.6 Å². The number of amides is 2. The van der Waals surface area contributed by atoms with Gasteiger partial charge in [-0.3, -0.25) is 19.7 Å². The van der Waals surface area contributed by atoms with E-state index in [0.29, 0.717) is 0 Å². The molecule has 7 nitrogen and oxygen atoms in total. The van der Waals surface area contributed by atoms with Crippen molar-refractivity contribution in [1.82, 2.24) is 15.4 Å². The molecule has 1 aliphatic carbocycles. The fourth-order valence-electron chi connectivity index (χ4n) is 5.39. The fraction of sp³-hybridized carbons (Fsp3) is 0.226. The lowest BCUT2D eigenvalue weighted by molar-refractivity contribution is -0.124. The van der Waals surface area contributed by atoms with Gasteiger partial charge in [-0.05, 0) is 71.4 Å². The minimum Gasteiger partial charge on any atom is -0.361 e. The van der Waals surface area contributed by atoms with Gasteiger partial charge in [-0.15, -0.1) is 0 Å². The molecule has 0 saturated carbocycles. The molecule has 0 saturated heterocycles. The molecular formula is C31H32N4O3. The molecule has 4 aromatic rings. The highest BCUT2D eigenvalue weighted by molar-refractivity contribution is 5.91. The second-order valence-corrected chi connectivity index (χ2v) is 9.78. The molecule has 7 heteroatoms. The maximum Gasteiger partial charge on any atom is 0.267 e. The number of aryl methyl sites for hydroxylation is 1. The van der Waals surface area contributed by atoms with Gasteiger partial charge < -0.3 is 10.3 Å². The van der Waals surface area contributed by atoms with Crippen LogP contribution in [0.4, 0.5) is 5.69 Å². The highest BCUT2D eigenvalue weighted by atomic mass is 16.5. The van der Waals surface area contributed by atoms with Crippen LogP contribution in [0.5, 0.6) is 0 Å². The van der Waals surface area contributed by atoms with Crippen LogP contribution in [0, 0.1) is 0 Å². The number of hydrogen-bond donors (Lipinski definition) is 4. The van der Waals surface area contributed by atoms with E-state index < -0.39 is 5.91 Å². The third-order valence-electron chi connectivity index (χ3n) is 7.19. The second-order valence-electron chi connectivity index (χ2n) is 9.78. The highest BCUT2D eigenvalue weighted by Gasteiger charge is 2.28. The maximum absolute atomic E-state index is 11.4. The second kappa shape index (κ2) is 11.5. The third-order valence-corrected chi connectivity index (χ3v) is 7.19. The molecule has 4 N–H and O–H groups in total. The number of para-hydroxylation sites is 1. The van der Waals surface area contributed by atoms with Crippen LogP contribution < -0.4 is 10.8 Å². The predicted octanol–water partition coefficient (Wildman–Crippen LogP) is 5.38. The monoisotopic (exact) mass is 508 g/mol. The van der Waals surface area contributed by atoms with Crippen molar-refractivity contribution in [3.05, 3.63) is 107 Å². The number of H-pyrrole nitrogens is 1. The molecule has 1 atom stereocenters. The lowest BCUT2D eigenvalue weighted by atomic mass is 10.0. The summed E-state index contributed by atoms with van der Waals surface area (Å²) in [7, 11) is 0. The van der Waals surface area contributed by atoms with Gasteiger partial charge in [0.2, 0.25) is 5.91 Å². The van der Waals surface area contributed by atoms with Crippen LogP contribution in [0.25, 0.3) is 17.0 Å². The average molecular weight is 509 g/mol. The Morgan fingerprint density at radius 1 is 1.11 bits per heavy atom. The van der Waals surface area contributed by atoms with Crippen LogP contribution >= 0.6 is 0 Å². The Morgan fingerprint density at radius 2 is 1.92 bits per heavy atom. The molecule has 1 aliphatic rings. The number of aromatic nitrogens is 1. The Balaban J connectivity index is 1.38. The van der Waals surface area contributed by atoms with E-state index in [4.69, 9.17) is 5.21 Å². The first-order valence-corrected chi connectivity index (χ1v) is 12.9. The first kappa shape index (κ1) is 25.4. The van der Waals surface area contributed by atoms with Crippen molar-refractivity contribution in [2.75, 3.05) is 11.9 Å². The van der Waals surface area contributed by atoms with Gasteiger partial charge in [-0.1, -0.05) is 48.5 Å². The summed E-state index contributed by atoms with van der Waals surface area (Å²) in [6.45, 7) is 3.21. The van der Waals surface area contributed by atoms with Crippen molar-refractivity contribution in [2.45, 2.75) is 38.8 Å². The number of carbonyl (C=O) groups excluding carboxylic acids is 2. The Bertz CT molecular complexity index is 1470. The summed E-state index contributed by atoms with van der Waals surface area (Å²) in [6, 6.07) is 23.1. The van der Waals surface area contributed by atoms with Gasteiger partial charge in [0.05, 0.1) is 0 Å². The van der Waals surface area contributed by atoms with E-state index in [2.05, 4.69) is 69.9 Å². The summed E-state index contributed by atoms with van der Waals surface area (Å²) in [4.78, 5) is 28.7. The van der Waals surface area contributed by atoms with Gasteiger partial charge in [-0.2, -0.15) is 0 Å². The molecule has 1 heterocycles. The summed E-state index contributed by atoms with van der Waals surface area (Å²) in [5, 5.41) is 12.8. The first-order valence-electron chi connectivity index (χ1n) is 12.9. The standard InChI is InChI=1S/C31H32N4O3/c1-21(36)33-26-11-6-23(7-12-26)20-35(17-16-25-19-32-29-5-3-2-4-27(25)29)30-14-10-24-18-22(8-13-28(24)30)9-15-31(37)34-38/h2-9,11-13,15,18-19,30,32,38H,10,14,16-17,20H2,1H3,(H,33,36)(H,34,37)/b15-9+/t30-/m0/s1. The summed E-state index contributed by atoms with van der Waals surface area (Å²) < 4.78 is 0. The molecule has 0 aliphatic heterocycles. The smallest absolute Gasteiger partial charge is 0.267 e. The van der Waals surface area contributed by atoms with Crippen molar-refractivity contribution < 1.29 is 14.8 Å². The van der Waals surface area contributed by atoms with Crippen LogP contribution in [0.1, 0.15) is 47.2 Å². The van der Waals surface area contributed by atoms with Gasteiger partial charge in [-0.25, -0.2) is 5.48 Å². The molecule has 5 rings (SSSR count). The molecule has 38 heavy (non-hydrogen) atoms. The van der Waals surface area contributed by atoms with Gasteiger partial charge in [0.25, 0.3) is 5.91 Å². The number of nitrogens with one attached hydrogen (secondary N) is 3. The number of rotatable bonds is 9. The molecule has 194 valence electrons. The molecule has 2 amide bonds. The maximum atomic E-state index is 11.4. The zero-order valence-corrected chi connectivity index (χ0v) is 21.4. The molecule has 0 unspecified atom stereocenters. The molecule has 1 aromatic heterocycles. The highest BCUT2D eigenvalue weighted by Crippen LogP contribution is 2.37. The molecule has 0 bridgehead atoms. The topological polar surface area (TPSA) is 97.5 Å². The average Bonchev–Trinajstić information content (AvgIpc) is 3.54. The summed E-state index contributed by atoms with van der Waals surface area (Å²) >= 11 is 0. The zero-order valence-electron chi connectivity index (χ0n) is 21.4. The number of aromatic amines is 1. The van der Waals surface area contributed by atoms with Crippen molar-refractivity contribution in [3.63, 3.8) is 0 Å². The van der Waals surface area contributed by atoms with Crippen LogP contribution in [0.3, 0.4) is 0 Å². The van der Waals surface area contributed by atoms with E-state index in [1.54, 1.807) is 11.6 Å². The van der Waals surface area contributed by atoms with Gasteiger partial charge in [0.1, 0.15) is 0 Å². The van der Waals surface area contributed by atoms with Crippen LogP contribution in [0.2, 0.25) is 0 Å². The van der Waals surface area contributed by atoms with E-state index in [-0.39, 0.29) is 11.9 Å². The predicted molar refractivity (Wildman–Crippen MR) is 150 cm³/mol. The Kier molecular flexibility index (Phi) is 7.67. The van der Waals surface area contributed by atoms with Crippen molar-refractivity contribution in [3.8, 4) is 0 Å². The van der Waals surface area contributed by atoms with E-state index >= 15 is 0 Å². The van der Waals surface area contributed by atoms with Crippen molar-refractivity contribution in [1.29, 1.82) is 0 Å². The third kappa shape index (κ3) is 5.85. The minimum atomic E-state index is -0.545. The lowest BCUT2D eigenvalue weighted by Gasteiger charge is -2.30. The van der Waals surface area contributed by atoms with Crippen LogP contribution in [-0.4, -0.2) is 33.5 Å². The molecule has 3 aromatic carbocycles. The summed E-state index contributed by atoms with van der Waals surface area (Å²) in [6.07, 6.45) is 8.08. The van der Waals surface area contributed by atoms with Gasteiger partial charge in [0, 0.05) is 54.9 Å². The Hall–Kier alpha value is -4.20. The summed E-state index contributed by atoms with van der Waals surface area (Å²) in [5.41, 5.74) is 9.64. The quantitative estimate of drug-likeness (QED) is 0.139. The Morgan fingerprint density at radius 3 is 2.71 bits per heavy atom. The zero-order chi connectivity index (χ0) is 26.5. The number of anilines is 1. The number of carbonyl (C=O) groups is 2. The molecule has 0 radical (unpaired) electrons. The van der Waals surface area contributed by atoms with Crippen LogP contribution in [0.15, 0.2) is 79.0 Å². The number of fused-ring (bicyclic) bond motifs is 2. The lowest BCUT2D eigenvalue weighted by Crippen LogP contribution is -2.29. The van der Waals surface area contributed by atoms with E-state index in [9.17, 15) is 9.59 Å². The molecule has 0 fully saturated rings.